The molecule has 2 N–H and O–H groups in total. The molecule has 8 heteroatoms. The van der Waals surface area contributed by atoms with Crippen LogP contribution in [0.4, 0.5) is 5.69 Å². The van der Waals surface area contributed by atoms with Crippen molar-refractivity contribution >= 4 is 28.5 Å². The molecule has 0 aliphatic carbocycles. The van der Waals surface area contributed by atoms with E-state index in [2.05, 4.69) is 10.5 Å². The van der Waals surface area contributed by atoms with Gasteiger partial charge in [0, 0.05) is 16.9 Å². The number of hydrogen-bond acceptors (Lipinski definition) is 6. The zero-order valence-electron chi connectivity index (χ0n) is 14.7. The summed E-state index contributed by atoms with van der Waals surface area (Å²) in [4.78, 5) is 13.6. The summed E-state index contributed by atoms with van der Waals surface area (Å²) in [5.41, 5.74) is 0.0879. The number of carbonyl (C=O) groups is 1. The lowest BCUT2D eigenvalue weighted by atomic mass is 10.1. The molecule has 0 aliphatic rings. The van der Waals surface area contributed by atoms with Crippen LogP contribution in [-0.4, -0.2) is 20.7 Å². The van der Waals surface area contributed by atoms with Crippen LogP contribution in [0.15, 0.2) is 80.7 Å². The number of aliphatic hydroxyl groups is 1. The highest BCUT2D eigenvalue weighted by Gasteiger charge is 2.20. The van der Waals surface area contributed by atoms with Gasteiger partial charge in [-0.25, -0.2) is 0 Å². The highest BCUT2D eigenvalue weighted by Crippen LogP contribution is 2.23. The summed E-state index contributed by atoms with van der Waals surface area (Å²) >= 11 is -1.34. The lowest BCUT2D eigenvalue weighted by Gasteiger charge is -2.11. The van der Waals surface area contributed by atoms with Crippen molar-refractivity contribution in [1.82, 2.24) is 5.16 Å². The van der Waals surface area contributed by atoms with Crippen LogP contribution in [0, 0.1) is 18.3 Å². The average Bonchev–Trinajstić information content (AvgIpc) is 3.15. The van der Waals surface area contributed by atoms with E-state index in [1.54, 1.807) is 61.5 Å². The minimum absolute atomic E-state index is 0.167. The molecule has 0 fully saturated rings. The summed E-state index contributed by atoms with van der Waals surface area (Å²) in [7, 11) is 0. The van der Waals surface area contributed by atoms with Crippen molar-refractivity contribution < 1.29 is 19.0 Å². The Hall–Kier alpha value is -3.54. The minimum atomic E-state index is -1.34. The van der Waals surface area contributed by atoms with Gasteiger partial charge in [-0.15, -0.1) is 0 Å². The molecule has 3 aromatic rings. The van der Waals surface area contributed by atoms with Crippen LogP contribution in [0.3, 0.4) is 0 Å². The topological polar surface area (TPSA) is 122 Å². The summed E-state index contributed by atoms with van der Waals surface area (Å²) in [6.07, 6.45) is 1.23. The van der Waals surface area contributed by atoms with Crippen molar-refractivity contribution in [3.05, 3.63) is 77.7 Å². The normalized spacial score (nSPS) is 12.6. The monoisotopic (exact) mass is 393 g/mol. The minimum Gasteiger partial charge on any atom is -0.606 e. The number of benzene rings is 2. The molecule has 0 saturated carbocycles. The number of rotatable bonds is 5. The Balaban J connectivity index is 1.77. The third kappa shape index (κ3) is 4.06. The zero-order chi connectivity index (χ0) is 20.1. The molecule has 0 aliphatic heterocycles. The molecule has 1 atom stereocenters. The Kier molecular flexibility index (Phi) is 5.79. The third-order valence-electron chi connectivity index (χ3n) is 3.87. The van der Waals surface area contributed by atoms with Crippen molar-refractivity contribution in [2.45, 2.75) is 16.7 Å². The fourth-order valence-electron chi connectivity index (χ4n) is 2.41. The van der Waals surface area contributed by atoms with Gasteiger partial charge in [-0.2, -0.15) is 5.26 Å². The van der Waals surface area contributed by atoms with E-state index in [1.807, 2.05) is 6.07 Å². The summed E-state index contributed by atoms with van der Waals surface area (Å²) in [5.74, 6) is -1.01. The van der Waals surface area contributed by atoms with Crippen LogP contribution in [0.5, 0.6) is 0 Å². The number of nitrogens with one attached hydrogen (secondary N) is 1. The molecule has 1 heterocycles. The van der Waals surface area contributed by atoms with E-state index in [0.29, 0.717) is 15.5 Å². The molecule has 2 aromatic carbocycles. The van der Waals surface area contributed by atoms with Gasteiger partial charge in [-0.1, -0.05) is 23.4 Å². The van der Waals surface area contributed by atoms with Crippen LogP contribution >= 0.6 is 0 Å². The van der Waals surface area contributed by atoms with Crippen molar-refractivity contribution in [3.63, 3.8) is 0 Å². The van der Waals surface area contributed by atoms with E-state index >= 15 is 0 Å². The van der Waals surface area contributed by atoms with Crippen LogP contribution in [-0.2, 0) is 16.0 Å². The number of anilines is 1. The van der Waals surface area contributed by atoms with Gasteiger partial charge in [0.05, 0.1) is 11.8 Å². The number of nitriles is 1. The maximum Gasteiger partial charge on any atom is 0.270 e. The predicted octanol–water partition coefficient (Wildman–Crippen LogP) is 3.58. The van der Waals surface area contributed by atoms with Crippen molar-refractivity contribution in [3.8, 4) is 6.07 Å². The number of aromatic nitrogens is 1. The Morgan fingerprint density at radius 2 is 1.82 bits per heavy atom. The van der Waals surface area contributed by atoms with Gasteiger partial charge in [0.25, 0.3) is 5.91 Å². The van der Waals surface area contributed by atoms with Gasteiger partial charge in [0.1, 0.15) is 11.8 Å². The molecule has 0 saturated heterocycles. The number of carbonyl (C=O) groups excluding carboxylic acids is 1. The lowest BCUT2D eigenvalue weighted by Crippen LogP contribution is -2.15. The van der Waals surface area contributed by atoms with Crippen LogP contribution in [0.1, 0.15) is 11.3 Å². The van der Waals surface area contributed by atoms with Gasteiger partial charge in [0.2, 0.25) is 0 Å². The van der Waals surface area contributed by atoms with Gasteiger partial charge >= 0.3 is 0 Å². The number of nitrogens with zero attached hydrogens (tertiary/aromatic N) is 2. The molecule has 1 amide bonds. The third-order valence-corrected chi connectivity index (χ3v) is 5.27. The smallest absolute Gasteiger partial charge is 0.270 e. The highest BCUT2D eigenvalue weighted by atomic mass is 32.2. The van der Waals surface area contributed by atoms with Crippen LogP contribution in [0.2, 0.25) is 0 Å². The molecule has 1 unspecified atom stereocenters. The van der Waals surface area contributed by atoms with Gasteiger partial charge in [0.15, 0.2) is 21.1 Å². The van der Waals surface area contributed by atoms with Gasteiger partial charge < -0.3 is 19.5 Å². The lowest BCUT2D eigenvalue weighted by molar-refractivity contribution is -0.112. The molecule has 3 rings (SSSR count). The molecular formula is C20H15N3O4S. The van der Waals surface area contributed by atoms with E-state index in [1.165, 1.54) is 6.20 Å². The first kappa shape index (κ1) is 19.2. The van der Waals surface area contributed by atoms with E-state index in [0.717, 1.165) is 0 Å². The standard InChI is InChI=1S/C20H15N3O4S/c1-13-18(12-22-27-13)19(24)17(11-21)20(25)23-14-7-9-16(10-8-14)28(26)15-5-3-2-4-6-15/h2-10,12,24H,1H3,(H,23,25)/b19-17-. The molecule has 7 nitrogen and oxygen atoms in total. The zero-order valence-corrected chi connectivity index (χ0v) is 15.6. The second kappa shape index (κ2) is 8.43. The number of aryl methyl sites for hydroxylation is 1. The average molecular weight is 393 g/mol. The molecule has 140 valence electrons. The summed E-state index contributed by atoms with van der Waals surface area (Å²) in [5, 5.41) is 25.5. The quantitative estimate of drug-likeness (QED) is 0.296. The second-order valence-corrected chi connectivity index (χ2v) is 7.17. The van der Waals surface area contributed by atoms with Crippen molar-refractivity contribution in [2.24, 2.45) is 0 Å². The first-order valence-corrected chi connectivity index (χ1v) is 9.29. The molecule has 0 spiro atoms. The van der Waals surface area contributed by atoms with E-state index in [-0.39, 0.29) is 11.3 Å². The van der Waals surface area contributed by atoms with Crippen molar-refractivity contribution in [1.29, 1.82) is 5.26 Å². The summed E-state index contributed by atoms with van der Waals surface area (Å²) < 4.78 is 17.3. The van der Waals surface area contributed by atoms with Crippen LogP contribution < -0.4 is 5.32 Å². The highest BCUT2D eigenvalue weighted by molar-refractivity contribution is 7.91. The molecule has 0 radical (unpaired) electrons. The molecule has 0 bridgehead atoms. The first-order valence-electron chi connectivity index (χ1n) is 8.14. The summed E-state index contributed by atoms with van der Waals surface area (Å²) in [6, 6.07) is 17.1. The maximum absolute atomic E-state index is 12.5. The van der Waals surface area contributed by atoms with E-state index < -0.39 is 28.4 Å². The van der Waals surface area contributed by atoms with Crippen molar-refractivity contribution in [2.75, 3.05) is 5.32 Å². The van der Waals surface area contributed by atoms with Crippen LogP contribution in [0.25, 0.3) is 5.76 Å². The fourth-order valence-corrected chi connectivity index (χ4v) is 3.47. The van der Waals surface area contributed by atoms with Gasteiger partial charge in [-0.3, -0.25) is 4.79 Å². The van der Waals surface area contributed by atoms with Gasteiger partial charge in [-0.05, 0) is 43.3 Å². The Labute approximate surface area is 164 Å². The van der Waals surface area contributed by atoms with E-state index in [9.17, 15) is 19.7 Å². The molecule has 28 heavy (non-hydrogen) atoms. The molecular weight excluding hydrogens is 378 g/mol. The Morgan fingerprint density at radius 1 is 1.18 bits per heavy atom. The first-order chi connectivity index (χ1) is 13.5. The fraction of sp³-hybridized carbons (Fsp3) is 0.0500. The Bertz CT molecular complexity index is 1050. The summed E-state index contributed by atoms with van der Waals surface area (Å²) in [6.45, 7) is 1.55. The SMILES string of the molecule is Cc1oncc1/C(O)=C(\C#N)C(=O)Nc1ccc([S+]([O-])c2ccccc2)cc1. The van der Waals surface area contributed by atoms with E-state index in [4.69, 9.17) is 4.52 Å². The maximum atomic E-state index is 12.5. The number of hydrogen-bond donors (Lipinski definition) is 2. The molecule has 1 aromatic heterocycles. The predicted molar refractivity (Wildman–Crippen MR) is 103 cm³/mol. The Morgan fingerprint density at radius 3 is 2.39 bits per heavy atom. The second-order valence-electron chi connectivity index (χ2n) is 5.69. The largest absolute Gasteiger partial charge is 0.606 e. The number of aliphatic hydroxyl groups excluding tert-OH is 1. The number of amides is 1.